The smallest absolute Gasteiger partial charge is 0.264 e. The van der Waals surface area contributed by atoms with Gasteiger partial charge < -0.3 is 10.2 Å². The van der Waals surface area contributed by atoms with Gasteiger partial charge in [0.05, 0.1) is 15.6 Å². The Morgan fingerprint density at radius 2 is 1.38 bits per heavy atom. The number of nitrogens with one attached hydrogen (secondary N) is 1. The van der Waals surface area contributed by atoms with Gasteiger partial charge in [0.15, 0.2) is 0 Å². The van der Waals surface area contributed by atoms with Crippen molar-refractivity contribution in [1.29, 1.82) is 0 Å². The maximum Gasteiger partial charge on any atom is 0.264 e. The van der Waals surface area contributed by atoms with Crippen molar-refractivity contribution < 1.29 is 18.0 Å². The number of sulfonamides is 1. The number of hydrogen-bond acceptors (Lipinski definition) is 4. The zero-order valence-corrected chi connectivity index (χ0v) is 28.5. The van der Waals surface area contributed by atoms with E-state index < -0.39 is 28.5 Å². The third-order valence-corrected chi connectivity index (χ3v) is 10.8. The Kier molecular flexibility index (Phi) is 11.4. The van der Waals surface area contributed by atoms with Gasteiger partial charge in [-0.2, -0.15) is 0 Å². The number of benzene rings is 4. The molecule has 0 heterocycles. The van der Waals surface area contributed by atoms with E-state index in [1.807, 2.05) is 68.4 Å². The SMILES string of the molecule is Cc1ccc(CN(C(=O)CN(c2ccccc2Cl)S(=O)(=O)c2ccc(C)cc2)[C@H](Cc2ccccc2)C(=O)NC2CCCCC2)cc1. The minimum atomic E-state index is -4.23. The molecule has 1 aliphatic rings. The number of carbonyl (C=O) groups is 2. The fourth-order valence-electron chi connectivity index (χ4n) is 5.99. The van der Waals surface area contributed by atoms with Crippen LogP contribution in [-0.4, -0.2) is 43.8 Å². The second-order valence-electron chi connectivity index (χ2n) is 12.3. The van der Waals surface area contributed by atoms with Crippen LogP contribution in [0.3, 0.4) is 0 Å². The number of amides is 2. The van der Waals surface area contributed by atoms with E-state index in [-0.39, 0.29) is 40.5 Å². The maximum atomic E-state index is 14.7. The molecule has 0 unspecified atom stereocenters. The van der Waals surface area contributed by atoms with E-state index >= 15 is 0 Å². The van der Waals surface area contributed by atoms with Crippen LogP contribution >= 0.6 is 11.6 Å². The first-order chi connectivity index (χ1) is 22.6. The monoisotopic (exact) mass is 671 g/mol. The number of anilines is 1. The van der Waals surface area contributed by atoms with Crippen LogP contribution in [0.5, 0.6) is 0 Å². The lowest BCUT2D eigenvalue weighted by molar-refractivity contribution is -0.140. The summed E-state index contributed by atoms with van der Waals surface area (Å²) in [6, 6.07) is 29.6. The number of nitrogens with zero attached hydrogens (tertiary/aromatic N) is 2. The van der Waals surface area contributed by atoms with E-state index in [9.17, 15) is 18.0 Å². The Labute approximate surface area is 283 Å². The molecule has 2 amide bonds. The molecular weight excluding hydrogens is 630 g/mol. The molecule has 1 N–H and O–H groups in total. The molecule has 1 aliphatic carbocycles. The molecule has 5 rings (SSSR count). The second kappa shape index (κ2) is 15.6. The summed E-state index contributed by atoms with van der Waals surface area (Å²) in [5, 5.41) is 3.43. The summed E-state index contributed by atoms with van der Waals surface area (Å²) >= 11 is 6.58. The molecule has 0 radical (unpaired) electrons. The van der Waals surface area contributed by atoms with Crippen molar-refractivity contribution in [2.24, 2.45) is 0 Å². The van der Waals surface area contributed by atoms with Crippen molar-refractivity contribution in [3.8, 4) is 0 Å². The average Bonchev–Trinajstić information content (AvgIpc) is 3.07. The molecule has 9 heteroatoms. The molecule has 4 aromatic rings. The van der Waals surface area contributed by atoms with E-state index in [0.29, 0.717) is 0 Å². The normalized spacial score (nSPS) is 14.3. The summed E-state index contributed by atoms with van der Waals surface area (Å²) in [6.45, 7) is 3.43. The Morgan fingerprint density at radius 1 is 0.787 bits per heavy atom. The van der Waals surface area contributed by atoms with Crippen LogP contribution in [0.1, 0.15) is 54.4 Å². The Bertz CT molecular complexity index is 1760. The lowest BCUT2D eigenvalue weighted by Gasteiger charge is -2.35. The molecular formula is C38H42ClN3O4S. The lowest BCUT2D eigenvalue weighted by Crippen LogP contribution is -2.55. The summed E-state index contributed by atoms with van der Waals surface area (Å²) in [7, 11) is -4.23. The van der Waals surface area contributed by atoms with Gasteiger partial charge in [-0.05, 0) is 62.1 Å². The predicted molar refractivity (Wildman–Crippen MR) is 188 cm³/mol. The van der Waals surface area contributed by atoms with Gasteiger partial charge in [0.25, 0.3) is 10.0 Å². The summed E-state index contributed by atoms with van der Waals surface area (Å²) in [4.78, 5) is 30.4. The molecule has 1 saturated carbocycles. The minimum Gasteiger partial charge on any atom is -0.352 e. The van der Waals surface area contributed by atoms with Crippen LogP contribution in [0.4, 0.5) is 5.69 Å². The van der Waals surface area contributed by atoms with E-state index in [1.54, 1.807) is 36.4 Å². The molecule has 246 valence electrons. The molecule has 4 aromatic carbocycles. The first-order valence-electron chi connectivity index (χ1n) is 16.1. The molecule has 0 bridgehead atoms. The molecule has 0 aliphatic heterocycles. The third-order valence-electron chi connectivity index (χ3n) is 8.71. The van der Waals surface area contributed by atoms with Gasteiger partial charge in [-0.3, -0.25) is 13.9 Å². The van der Waals surface area contributed by atoms with E-state index in [0.717, 1.165) is 58.7 Å². The molecule has 0 spiro atoms. The van der Waals surface area contributed by atoms with Crippen molar-refractivity contribution in [1.82, 2.24) is 10.2 Å². The maximum absolute atomic E-state index is 14.7. The summed E-state index contributed by atoms with van der Waals surface area (Å²) in [5.41, 5.74) is 3.88. The number of halogens is 1. The largest absolute Gasteiger partial charge is 0.352 e. The van der Waals surface area contributed by atoms with Gasteiger partial charge in [-0.15, -0.1) is 0 Å². The molecule has 7 nitrogen and oxygen atoms in total. The molecule has 1 fully saturated rings. The molecule has 0 aromatic heterocycles. The molecule has 1 atom stereocenters. The van der Waals surface area contributed by atoms with Gasteiger partial charge in [-0.1, -0.05) is 121 Å². The third kappa shape index (κ3) is 8.82. The van der Waals surface area contributed by atoms with Crippen molar-refractivity contribution in [2.75, 3.05) is 10.8 Å². The van der Waals surface area contributed by atoms with E-state index in [1.165, 1.54) is 17.0 Å². The number of hydrogen-bond donors (Lipinski definition) is 1. The van der Waals surface area contributed by atoms with Gasteiger partial charge in [-0.25, -0.2) is 8.42 Å². The predicted octanol–water partition coefficient (Wildman–Crippen LogP) is 7.24. The highest BCUT2D eigenvalue weighted by atomic mass is 35.5. The highest BCUT2D eigenvalue weighted by molar-refractivity contribution is 7.92. The highest BCUT2D eigenvalue weighted by Crippen LogP contribution is 2.31. The topological polar surface area (TPSA) is 86.8 Å². The number of carbonyl (C=O) groups excluding carboxylic acids is 2. The minimum absolute atomic E-state index is 0.0346. The number of aryl methyl sites for hydroxylation is 2. The highest BCUT2D eigenvalue weighted by Gasteiger charge is 2.36. The first-order valence-corrected chi connectivity index (χ1v) is 18.0. The van der Waals surface area contributed by atoms with Gasteiger partial charge in [0, 0.05) is 19.0 Å². The van der Waals surface area contributed by atoms with Crippen molar-refractivity contribution >= 4 is 39.1 Å². The van der Waals surface area contributed by atoms with E-state index in [4.69, 9.17) is 11.6 Å². The van der Waals surface area contributed by atoms with Crippen LogP contribution in [-0.2, 0) is 32.6 Å². The van der Waals surface area contributed by atoms with Crippen LogP contribution in [0, 0.1) is 13.8 Å². The van der Waals surface area contributed by atoms with Gasteiger partial charge in [0.1, 0.15) is 12.6 Å². The quantitative estimate of drug-likeness (QED) is 0.172. The Morgan fingerprint density at radius 3 is 2.02 bits per heavy atom. The van der Waals surface area contributed by atoms with Crippen LogP contribution in [0.25, 0.3) is 0 Å². The summed E-state index contributed by atoms with van der Waals surface area (Å²) < 4.78 is 29.5. The van der Waals surface area contributed by atoms with E-state index in [2.05, 4.69) is 5.32 Å². The van der Waals surface area contributed by atoms with Crippen molar-refractivity contribution in [3.05, 3.63) is 130 Å². The fraction of sp³-hybridized carbons (Fsp3) is 0.316. The summed E-state index contributed by atoms with van der Waals surface area (Å²) in [5.74, 6) is -0.757. The lowest BCUT2D eigenvalue weighted by atomic mass is 9.94. The Balaban J connectivity index is 1.56. The second-order valence-corrected chi connectivity index (χ2v) is 14.6. The number of para-hydroxylation sites is 1. The molecule has 47 heavy (non-hydrogen) atoms. The van der Waals surface area contributed by atoms with Crippen molar-refractivity contribution in [3.63, 3.8) is 0 Å². The first kappa shape index (κ1) is 34.2. The van der Waals surface area contributed by atoms with Crippen molar-refractivity contribution in [2.45, 2.75) is 75.9 Å². The summed E-state index contributed by atoms with van der Waals surface area (Å²) in [6.07, 6.45) is 5.29. The van der Waals surface area contributed by atoms with Crippen LogP contribution in [0.2, 0.25) is 5.02 Å². The van der Waals surface area contributed by atoms with Crippen LogP contribution < -0.4 is 9.62 Å². The van der Waals surface area contributed by atoms with Crippen LogP contribution in [0.15, 0.2) is 108 Å². The average molecular weight is 672 g/mol. The van der Waals surface area contributed by atoms with Gasteiger partial charge in [0.2, 0.25) is 11.8 Å². The standard InChI is InChI=1S/C38H42ClN3O4S/c1-28-17-21-31(22-18-28)26-41(36(25-30-11-5-3-6-12-30)38(44)40-32-13-7-4-8-14-32)37(43)27-42(35-16-10-9-15-34(35)39)47(45,46)33-23-19-29(2)20-24-33/h3,5-6,9-12,15-24,32,36H,4,7-8,13-14,25-27H2,1-2H3,(H,40,44)/t36-/m1/s1. The Hall–Kier alpha value is -4.14. The zero-order chi connectivity index (χ0) is 33.4. The number of rotatable bonds is 12. The fourth-order valence-corrected chi connectivity index (χ4v) is 7.71. The molecule has 0 saturated heterocycles. The van der Waals surface area contributed by atoms with Gasteiger partial charge >= 0.3 is 0 Å². The zero-order valence-electron chi connectivity index (χ0n) is 26.9.